The van der Waals surface area contributed by atoms with Crippen LogP contribution < -0.4 is 10.6 Å². The summed E-state index contributed by atoms with van der Waals surface area (Å²) in [5.74, 6) is -0.0363. The average Bonchev–Trinajstić information content (AvgIpc) is 2.89. The summed E-state index contributed by atoms with van der Waals surface area (Å²) >= 11 is 1.25. The van der Waals surface area contributed by atoms with Crippen molar-refractivity contribution in [2.75, 3.05) is 6.54 Å². The third-order valence-electron chi connectivity index (χ3n) is 2.11. The summed E-state index contributed by atoms with van der Waals surface area (Å²) in [6, 6.07) is 2.19. The van der Waals surface area contributed by atoms with Gasteiger partial charge in [-0.25, -0.2) is 4.79 Å². The minimum atomic E-state index is -1.21. The fourth-order valence-corrected chi connectivity index (χ4v) is 1.86. The van der Waals surface area contributed by atoms with Crippen molar-refractivity contribution in [3.63, 3.8) is 0 Å². The zero-order valence-corrected chi connectivity index (χ0v) is 10.7. The van der Waals surface area contributed by atoms with Crippen molar-refractivity contribution < 1.29 is 19.5 Å². The number of hydrogen-bond donors (Lipinski definition) is 3. The zero-order chi connectivity index (χ0) is 14.3. The van der Waals surface area contributed by atoms with E-state index in [9.17, 15) is 14.4 Å². The van der Waals surface area contributed by atoms with E-state index < -0.39 is 17.9 Å². The van der Waals surface area contributed by atoms with Gasteiger partial charge in [0, 0.05) is 6.42 Å². The second-order valence-corrected chi connectivity index (χ2v) is 4.47. The van der Waals surface area contributed by atoms with Crippen LogP contribution in [-0.4, -0.2) is 35.5 Å². The highest BCUT2D eigenvalue weighted by atomic mass is 32.1. The van der Waals surface area contributed by atoms with Crippen LogP contribution in [0.3, 0.4) is 0 Å². The lowest BCUT2D eigenvalue weighted by molar-refractivity contribution is -0.141. The third kappa shape index (κ3) is 4.81. The normalized spacial score (nSPS) is 11.1. The highest BCUT2D eigenvalue weighted by Crippen LogP contribution is 2.07. The zero-order valence-electron chi connectivity index (χ0n) is 9.88. The summed E-state index contributed by atoms with van der Waals surface area (Å²) in [5.41, 5.74) is 0. The van der Waals surface area contributed by atoms with Gasteiger partial charge in [0.05, 0.1) is 11.4 Å². The molecule has 7 heteroatoms. The Morgan fingerprint density at radius 3 is 2.74 bits per heavy atom. The molecule has 1 rings (SSSR count). The SMILES string of the molecule is C#CCC(NC(=O)CNC(=O)c1cccs1)C(=O)O. The van der Waals surface area contributed by atoms with Gasteiger partial charge >= 0.3 is 5.97 Å². The molecule has 1 aromatic rings. The molecule has 3 N–H and O–H groups in total. The van der Waals surface area contributed by atoms with Crippen molar-refractivity contribution in [3.05, 3.63) is 22.4 Å². The topological polar surface area (TPSA) is 95.5 Å². The molecule has 0 radical (unpaired) electrons. The first-order valence-corrected chi connectivity index (χ1v) is 6.20. The molecule has 0 saturated heterocycles. The maximum Gasteiger partial charge on any atom is 0.327 e. The third-order valence-corrected chi connectivity index (χ3v) is 2.98. The van der Waals surface area contributed by atoms with Gasteiger partial charge in [-0.05, 0) is 11.4 Å². The summed E-state index contributed by atoms with van der Waals surface area (Å²) < 4.78 is 0. The van der Waals surface area contributed by atoms with Gasteiger partial charge in [-0.1, -0.05) is 6.07 Å². The second kappa shape index (κ2) is 7.18. The number of terminal acetylenes is 1. The van der Waals surface area contributed by atoms with Crippen molar-refractivity contribution in [1.29, 1.82) is 0 Å². The van der Waals surface area contributed by atoms with Crippen molar-refractivity contribution in [3.8, 4) is 12.3 Å². The molecule has 0 fully saturated rings. The van der Waals surface area contributed by atoms with Gasteiger partial charge in [-0.15, -0.1) is 23.7 Å². The first-order chi connectivity index (χ1) is 9.04. The van der Waals surface area contributed by atoms with Crippen molar-refractivity contribution in [2.45, 2.75) is 12.5 Å². The van der Waals surface area contributed by atoms with Gasteiger partial charge in [0.1, 0.15) is 6.04 Å². The lowest BCUT2D eigenvalue weighted by atomic mass is 10.2. The summed E-state index contributed by atoms with van der Waals surface area (Å²) in [4.78, 5) is 34.2. The first kappa shape index (κ1) is 14.7. The van der Waals surface area contributed by atoms with Crippen LogP contribution >= 0.6 is 11.3 Å². The molecule has 1 heterocycles. The smallest absolute Gasteiger partial charge is 0.327 e. The number of nitrogens with one attached hydrogen (secondary N) is 2. The van der Waals surface area contributed by atoms with Gasteiger partial charge in [0.2, 0.25) is 5.91 Å². The molecule has 0 bridgehead atoms. The van der Waals surface area contributed by atoms with Crippen molar-refractivity contribution in [1.82, 2.24) is 10.6 Å². The molecule has 0 spiro atoms. The van der Waals surface area contributed by atoms with E-state index in [0.29, 0.717) is 4.88 Å². The minimum Gasteiger partial charge on any atom is -0.480 e. The Morgan fingerprint density at radius 1 is 1.47 bits per heavy atom. The van der Waals surface area contributed by atoms with E-state index in [-0.39, 0.29) is 18.9 Å². The van der Waals surface area contributed by atoms with Crippen LogP contribution in [0.1, 0.15) is 16.1 Å². The molecule has 0 aliphatic carbocycles. The highest BCUT2D eigenvalue weighted by molar-refractivity contribution is 7.12. The standard InChI is InChI=1S/C12H12N2O4S/c1-2-4-8(12(17)18)14-10(15)7-13-11(16)9-5-3-6-19-9/h1,3,5-6,8H,4,7H2,(H,13,16)(H,14,15)(H,17,18). The lowest BCUT2D eigenvalue weighted by Crippen LogP contribution is -2.45. The van der Waals surface area contributed by atoms with E-state index in [1.165, 1.54) is 11.3 Å². The Hall–Kier alpha value is -2.33. The fourth-order valence-electron chi connectivity index (χ4n) is 1.22. The number of thiophene rings is 1. The molecule has 0 aliphatic rings. The summed E-state index contributed by atoms with van der Waals surface area (Å²) in [7, 11) is 0. The van der Waals surface area contributed by atoms with Crippen LogP contribution in [0.25, 0.3) is 0 Å². The number of aliphatic carboxylic acids is 1. The molecule has 6 nitrogen and oxygen atoms in total. The van der Waals surface area contributed by atoms with Gasteiger partial charge in [-0.3, -0.25) is 9.59 Å². The van der Waals surface area contributed by atoms with Crippen molar-refractivity contribution in [2.24, 2.45) is 0 Å². The monoisotopic (exact) mass is 280 g/mol. The van der Waals surface area contributed by atoms with Crippen LogP contribution in [0.5, 0.6) is 0 Å². The molecule has 19 heavy (non-hydrogen) atoms. The van der Waals surface area contributed by atoms with Crippen LogP contribution in [-0.2, 0) is 9.59 Å². The first-order valence-electron chi connectivity index (χ1n) is 5.32. The maximum absolute atomic E-state index is 11.5. The molecular formula is C12H12N2O4S. The molecule has 2 amide bonds. The fraction of sp³-hybridized carbons (Fsp3) is 0.250. The van der Waals surface area contributed by atoms with E-state index >= 15 is 0 Å². The molecule has 0 saturated carbocycles. The number of amides is 2. The predicted molar refractivity (Wildman–Crippen MR) is 69.7 cm³/mol. The van der Waals surface area contributed by atoms with E-state index in [1.54, 1.807) is 17.5 Å². The van der Waals surface area contributed by atoms with Crippen LogP contribution in [0.2, 0.25) is 0 Å². The van der Waals surface area contributed by atoms with Gasteiger partial charge < -0.3 is 15.7 Å². The number of carbonyl (C=O) groups is 3. The maximum atomic E-state index is 11.5. The average molecular weight is 280 g/mol. The number of rotatable bonds is 6. The Balaban J connectivity index is 2.41. The van der Waals surface area contributed by atoms with E-state index in [4.69, 9.17) is 11.5 Å². The summed E-state index contributed by atoms with van der Waals surface area (Å²) in [5, 5.41) is 15.1. The second-order valence-electron chi connectivity index (χ2n) is 3.53. The van der Waals surface area contributed by atoms with Gasteiger partial charge in [0.25, 0.3) is 5.91 Å². The summed E-state index contributed by atoms with van der Waals surface area (Å²) in [6.45, 7) is -0.301. The van der Waals surface area contributed by atoms with E-state index in [0.717, 1.165) is 0 Å². The van der Waals surface area contributed by atoms with E-state index in [2.05, 4.69) is 16.6 Å². The highest BCUT2D eigenvalue weighted by Gasteiger charge is 2.19. The Morgan fingerprint density at radius 2 is 2.21 bits per heavy atom. The molecule has 1 unspecified atom stereocenters. The number of carboxylic acid groups (broad SMARTS) is 1. The number of carboxylic acids is 1. The Bertz CT molecular complexity index is 504. The van der Waals surface area contributed by atoms with Crippen LogP contribution in [0, 0.1) is 12.3 Å². The molecular weight excluding hydrogens is 268 g/mol. The Labute approximate surface area is 113 Å². The summed E-state index contributed by atoms with van der Waals surface area (Å²) in [6.07, 6.45) is 4.89. The number of hydrogen-bond acceptors (Lipinski definition) is 4. The van der Waals surface area contributed by atoms with Crippen LogP contribution in [0.15, 0.2) is 17.5 Å². The molecule has 0 aliphatic heterocycles. The van der Waals surface area contributed by atoms with E-state index in [1.807, 2.05) is 0 Å². The van der Waals surface area contributed by atoms with Gasteiger partial charge in [-0.2, -0.15) is 0 Å². The number of carbonyl (C=O) groups excluding carboxylic acids is 2. The molecule has 1 aromatic heterocycles. The van der Waals surface area contributed by atoms with Gasteiger partial charge in [0.15, 0.2) is 0 Å². The quantitative estimate of drug-likeness (QED) is 0.643. The minimum absolute atomic E-state index is 0.111. The predicted octanol–water partition coefficient (Wildman–Crippen LogP) is 0.0706. The molecule has 1 atom stereocenters. The van der Waals surface area contributed by atoms with Crippen molar-refractivity contribution >= 4 is 29.1 Å². The molecule has 100 valence electrons. The largest absolute Gasteiger partial charge is 0.480 e. The lowest BCUT2D eigenvalue weighted by Gasteiger charge is -2.11. The van der Waals surface area contributed by atoms with Crippen LogP contribution in [0.4, 0.5) is 0 Å². The Kier molecular flexibility index (Phi) is 5.57. The molecule has 0 aromatic carbocycles.